The highest BCUT2D eigenvalue weighted by Gasteiger charge is 2.21. The number of ether oxygens (including phenoxy) is 1. The Labute approximate surface area is 121 Å². The molecule has 4 nitrogen and oxygen atoms in total. The van der Waals surface area contributed by atoms with Gasteiger partial charge in [-0.15, -0.1) is 0 Å². The first kappa shape index (κ1) is 14.8. The average Bonchev–Trinajstić information content (AvgIpc) is 2.46. The number of aryl methyl sites for hydroxylation is 2. The molecule has 2 rings (SSSR count). The van der Waals surface area contributed by atoms with E-state index in [9.17, 15) is 0 Å². The van der Waals surface area contributed by atoms with Gasteiger partial charge in [-0.2, -0.15) is 5.26 Å². The maximum atomic E-state index is 9.03. The fraction of sp³-hybridized carbons (Fsp3) is 0.562. The fourth-order valence-corrected chi connectivity index (χ4v) is 2.65. The number of nitrogens with zero attached hydrogens (tertiary/aromatic N) is 2. The van der Waals surface area contributed by atoms with Crippen LogP contribution in [0.15, 0.2) is 18.2 Å². The van der Waals surface area contributed by atoms with Crippen molar-refractivity contribution >= 4 is 0 Å². The summed E-state index contributed by atoms with van der Waals surface area (Å²) in [6.45, 7) is 8.67. The largest absolute Gasteiger partial charge is 0.491 e. The molecule has 0 aliphatic carbocycles. The van der Waals surface area contributed by atoms with Crippen LogP contribution in [0, 0.1) is 25.2 Å². The zero-order valence-electron chi connectivity index (χ0n) is 12.4. The van der Waals surface area contributed by atoms with Gasteiger partial charge in [0.2, 0.25) is 0 Å². The van der Waals surface area contributed by atoms with E-state index in [4.69, 9.17) is 10.00 Å². The maximum absolute atomic E-state index is 9.03. The van der Waals surface area contributed by atoms with E-state index >= 15 is 0 Å². The minimum atomic E-state index is 0.182. The zero-order chi connectivity index (χ0) is 14.4. The first-order chi connectivity index (χ1) is 9.72. The van der Waals surface area contributed by atoms with E-state index in [2.05, 4.69) is 42.3 Å². The Hall–Kier alpha value is -1.57. The van der Waals surface area contributed by atoms with Gasteiger partial charge in [0.25, 0.3) is 0 Å². The molecule has 0 bridgehead atoms. The number of nitriles is 1. The predicted molar refractivity (Wildman–Crippen MR) is 79.9 cm³/mol. The summed E-state index contributed by atoms with van der Waals surface area (Å²) >= 11 is 0. The molecule has 0 amide bonds. The summed E-state index contributed by atoms with van der Waals surface area (Å²) in [6.07, 6.45) is 0.519. The molecule has 0 spiro atoms. The van der Waals surface area contributed by atoms with Crippen LogP contribution >= 0.6 is 0 Å². The maximum Gasteiger partial charge on any atom is 0.125 e. The molecule has 0 saturated carbocycles. The third kappa shape index (κ3) is 3.72. The topological polar surface area (TPSA) is 48.3 Å². The lowest BCUT2D eigenvalue weighted by Gasteiger charge is -2.33. The van der Waals surface area contributed by atoms with Crippen LogP contribution in [0.2, 0.25) is 0 Å². The molecule has 4 heteroatoms. The summed E-state index contributed by atoms with van der Waals surface area (Å²) in [5.74, 6) is 0.963. The summed E-state index contributed by atoms with van der Waals surface area (Å²) in [4.78, 5) is 2.35. The number of hydrogen-bond acceptors (Lipinski definition) is 4. The van der Waals surface area contributed by atoms with Crippen LogP contribution in [-0.4, -0.2) is 43.7 Å². The van der Waals surface area contributed by atoms with Crippen molar-refractivity contribution < 1.29 is 4.74 Å². The number of para-hydroxylation sites is 1. The Morgan fingerprint density at radius 2 is 1.95 bits per heavy atom. The van der Waals surface area contributed by atoms with Gasteiger partial charge in [-0.1, -0.05) is 18.2 Å². The third-order valence-electron chi connectivity index (χ3n) is 3.82. The number of nitrogens with one attached hydrogen (secondary N) is 1. The van der Waals surface area contributed by atoms with Crippen LogP contribution in [0.25, 0.3) is 0 Å². The first-order valence-electron chi connectivity index (χ1n) is 7.23. The highest BCUT2D eigenvalue weighted by molar-refractivity contribution is 5.39. The first-order valence-corrected chi connectivity index (χ1v) is 7.23. The Balaban J connectivity index is 2.00. The summed E-state index contributed by atoms with van der Waals surface area (Å²) < 4.78 is 6.02. The molecular formula is C16H23N3O. The van der Waals surface area contributed by atoms with Crippen molar-refractivity contribution in [3.63, 3.8) is 0 Å². The minimum Gasteiger partial charge on any atom is -0.491 e. The average molecular weight is 273 g/mol. The van der Waals surface area contributed by atoms with Gasteiger partial charge in [0.05, 0.1) is 18.5 Å². The predicted octanol–water partition coefficient (Wildman–Crippen LogP) is 1.87. The van der Waals surface area contributed by atoms with Gasteiger partial charge in [-0.3, -0.25) is 4.90 Å². The van der Waals surface area contributed by atoms with Crippen LogP contribution in [0.5, 0.6) is 5.75 Å². The molecule has 1 fully saturated rings. The van der Waals surface area contributed by atoms with Crippen LogP contribution in [0.4, 0.5) is 0 Å². The van der Waals surface area contributed by atoms with Crippen LogP contribution in [0.3, 0.4) is 0 Å². The third-order valence-corrected chi connectivity index (χ3v) is 3.82. The molecule has 1 heterocycles. The second-order valence-electron chi connectivity index (χ2n) is 5.33. The smallest absolute Gasteiger partial charge is 0.125 e. The van der Waals surface area contributed by atoms with Crippen molar-refractivity contribution in [3.8, 4) is 11.8 Å². The molecule has 1 atom stereocenters. The number of piperazine rings is 1. The second-order valence-corrected chi connectivity index (χ2v) is 5.33. The van der Waals surface area contributed by atoms with Crippen molar-refractivity contribution in [3.05, 3.63) is 29.3 Å². The van der Waals surface area contributed by atoms with Gasteiger partial charge in [0, 0.05) is 26.2 Å². The molecule has 20 heavy (non-hydrogen) atoms. The summed E-state index contributed by atoms with van der Waals surface area (Å²) in [6, 6.07) is 8.64. The number of benzene rings is 1. The van der Waals surface area contributed by atoms with E-state index in [0.717, 1.165) is 43.1 Å². The van der Waals surface area contributed by atoms with E-state index < -0.39 is 0 Å². The van der Waals surface area contributed by atoms with Crippen molar-refractivity contribution in [2.24, 2.45) is 0 Å². The van der Waals surface area contributed by atoms with Gasteiger partial charge in [-0.25, -0.2) is 0 Å². The molecule has 1 aliphatic rings. The highest BCUT2D eigenvalue weighted by Crippen LogP contribution is 2.23. The Bertz CT molecular complexity index is 455. The minimum absolute atomic E-state index is 0.182. The molecule has 1 saturated heterocycles. The molecule has 1 aromatic rings. The summed E-state index contributed by atoms with van der Waals surface area (Å²) in [7, 11) is 0. The lowest BCUT2D eigenvalue weighted by atomic mass is 10.1. The van der Waals surface area contributed by atoms with Crippen molar-refractivity contribution in [1.82, 2.24) is 10.2 Å². The molecule has 1 aromatic carbocycles. The molecule has 1 unspecified atom stereocenters. The molecule has 1 aliphatic heterocycles. The van der Waals surface area contributed by atoms with E-state index in [1.165, 1.54) is 0 Å². The summed E-state index contributed by atoms with van der Waals surface area (Å²) in [5.41, 5.74) is 2.31. The van der Waals surface area contributed by atoms with Gasteiger partial charge in [-0.05, 0) is 25.0 Å². The SMILES string of the molecule is Cc1cccc(C)c1OCC(CC#N)N1CCNCC1. The van der Waals surface area contributed by atoms with Crippen molar-refractivity contribution in [1.29, 1.82) is 5.26 Å². The number of rotatable bonds is 5. The number of hydrogen-bond donors (Lipinski definition) is 1. The monoisotopic (exact) mass is 273 g/mol. The van der Waals surface area contributed by atoms with E-state index in [-0.39, 0.29) is 6.04 Å². The lowest BCUT2D eigenvalue weighted by molar-refractivity contribution is 0.122. The highest BCUT2D eigenvalue weighted by atomic mass is 16.5. The lowest BCUT2D eigenvalue weighted by Crippen LogP contribution is -2.50. The van der Waals surface area contributed by atoms with Gasteiger partial charge in [0.15, 0.2) is 0 Å². The fourth-order valence-electron chi connectivity index (χ4n) is 2.65. The molecular weight excluding hydrogens is 250 g/mol. The standard InChI is InChI=1S/C16H23N3O/c1-13-4-3-5-14(2)16(13)20-12-15(6-7-17)19-10-8-18-9-11-19/h3-5,15,18H,6,8-12H2,1-2H3. The Morgan fingerprint density at radius 3 is 2.55 bits per heavy atom. The van der Waals surface area contributed by atoms with Crippen LogP contribution in [0.1, 0.15) is 17.5 Å². The molecule has 1 N–H and O–H groups in total. The van der Waals surface area contributed by atoms with Crippen LogP contribution in [-0.2, 0) is 0 Å². The van der Waals surface area contributed by atoms with Gasteiger partial charge in [0.1, 0.15) is 12.4 Å². The Kier molecular flexibility index (Phi) is 5.40. The summed E-state index contributed by atoms with van der Waals surface area (Å²) in [5, 5.41) is 12.4. The molecule has 0 aromatic heterocycles. The van der Waals surface area contributed by atoms with Crippen molar-refractivity contribution in [2.45, 2.75) is 26.3 Å². The second kappa shape index (κ2) is 7.28. The van der Waals surface area contributed by atoms with E-state index in [1.54, 1.807) is 0 Å². The molecule has 0 radical (unpaired) electrons. The zero-order valence-corrected chi connectivity index (χ0v) is 12.4. The van der Waals surface area contributed by atoms with Gasteiger partial charge < -0.3 is 10.1 Å². The quantitative estimate of drug-likeness (QED) is 0.890. The van der Waals surface area contributed by atoms with E-state index in [0.29, 0.717) is 13.0 Å². The van der Waals surface area contributed by atoms with Gasteiger partial charge >= 0.3 is 0 Å². The normalized spacial score (nSPS) is 17.4. The van der Waals surface area contributed by atoms with Crippen molar-refractivity contribution in [2.75, 3.05) is 32.8 Å². The van der Waals surface area contributed by atoms with Crippen LogP contribution < -0.4 is 10.1 Å². The Morgan fingerprint density at radius 1 is 1.30 bits per heavy atom. The van der Waals surface area contributed by atoms with E-state index in [1.807, 2.05) is 6.07 Å². The molecule has 108 valence electrons.